The van der Waals surface area contributed by atoms with Gasteiger partial charge in [-0.2, -0.15) is 0 Å². The number of hydrogen-bond acceptors (Lipinski definition) is 3. The largest absolute Gasteiger partial charge is 0.245 e. The summed E-state index contributed by atoms with van der Waals surface area (Å²) in [4.78, 5) is 16.2. The van der Waals surface area contributed by atoms with E-state index in [2.05, 4.69) is 170 Å². The number of fused-ring (bicyclic) bond motifs is 12. The predicted molar refractivity (Wildman–Crippen MR) is 215 cm³/mol. The van der Waals surface area contributed by atoms with Gasteiger partial charge in [-0.1, -0.05) is 176 Å². The van der Waals surface area contributed by atoms with E-state index < -0.39 is 5.41 Å². The summed E-state index contributed by atoms with van der Waals surface area (Å²) < 4.78 is 0. The van der Waals surface area contributed by atoms with E-state index in [9.17, 15) is 0 Å². The maximum atomic E-state index is 5.70. The molecular formula is C50H31N3. The van der Waals surface area contributed by atoms with Crippen LogP contribution >= 0.6 is 0 Å². The van der Waals surface area contributed by atoms with E-state index in [1.165, 1.54) is 44.3 Å². The van der Waals surface area contributed by atoms with Crippen LogP contribution in [-0.4, -0.2) is 15.0 Å². The molecule has 2 aliphatic carbocycles. The van der Waals surface area contributed by atoms with E-state index in [-0.39, 0.29) is 0 Å². The van der Waals surface area contributed by atoms with Crippen LogP contribution in [0, 0.1) is 0 Å². The molecule has 0 saturated carbocycles. The van der Waals surface area contributed by atoms with Crippen molar-refractivity contribution < 1.29 is 0 Å². The molecule has 1 spiro atoms. The predicted octanol–water partition coefficient (Wildman–Crippen LogP) is 12.0. The maximum Gasteiger partial charge on any atom is 0.160 e. The first-order valence-electron chi connectivity index (χ1n) is 18.1. The molecule has 246 valence electrons. The maximum absolute atomic E-state index is 5.70. The van der Waals surface area contributed by atoms with E-state index >= 15 is 0 Å². The lowest BCUT2D eigenvalue weighted by Crippen LogP contribution is -2.26. The van der Waals surface area contributed by atoms with Crippen molar-refractivity contribution >= 4 is 10.8 Å². The van der Waals surface area contributed by atoms with Gasteiger partial charge in [0.25, 0.3) is 0 Å². The van der Waals surface area contributed by atoms with Crippen molar-refractivity contribution in [2.24, 2.45) is 0 Å². The Kier molecular flexibility index (Phi) is 6.47. The molecular weight excluding hydrogens is 643 g/mol. The lowest BCUT2D eigenvalue weighted by atomic mass is 9.69. The van der Waals surface area contributed by atoms with Crippen LogP contribution in [0.4, 0.5) is 0 Å². The van der Waals surface area contributed by atoms with Crippen LogP contribution in [0.1, 0.15) is 22.3 Å². The van der Waals surface area contributed by atoms with E-state index in [4.69, 9.17) is 15.0 Å². The van der Waals surface area contributed by atoms with Crippen LogP contribution < -0.4 is 0 Å². The summed E-state index contributed by atoms with van der Waals surface area (Å²) >= 11 is 0. The Hall–Kier alpha value is -6.97. The molecule has 11 rings (SSSR count). The molecule has 0 saturated heterocycles. The lowest BCUT2D eigenvalue weighted by Gasteiger charge is -2.31. The van der Waals surface area contributed by atoms with Crippen molar-refractivity contribution in [2.45, 2.75) is 5.41 Å². The summed E-state index contributed by atoms with van der Waals surface area (Å²) in [6.45, 7) is 0. The monoisotopic (exact) mass is 673 g/mol. The summed E-state index contributed by atoms with van der Waals surface area (Å²) in [5.41, 5.74) is 16.2. The molecule has 2 aliphatic rings. The highest BCUT2D eigenvalue weighted by Crippen LogP contribution is 2.64. The van der Waals surface area contributed by atoms with Gasteiger partial charge >= 0.3 is 0 Å². The van der Waals surface area contributed by atoms with Crippen LogP contribution in [0.5, 0.6) is 0 Å². The van der Waals surface area contributed by atoms with Gasteiger partial charge in [0.2, 0.25) is 0 Å². The second-order valence-electron chi connectivity index (χ2n) is 13.9. The minimum atomic E-state index is -0.492. The van der Waals surface area contributed by atoms with Gasteiger partial charge in [-0.3, -0.25) is 0 Å². The Morgan fingerprint density at radius 3 is 1.53 bits per heavy atom. The first kappa shape index (κ1) is 29.7. The second kappa shape index (κ2) is 11.5. The highest BCUT2D eigenvalue weighted by Gasteiger charge is 2.53. The first-order valence-corrected chi connectivity index (χ1v) is 18.1. The lowest BCUT2D eigenvalue weighted by molar-refractivity contribution is 0.799. The Bertz CT molecular complexity index is 2850. The van der Waals surface area contributed by atoms with Gasteiger partial charge in [-0.25, -0.2) is 15.0 Å². The molecule has 0 N–H and O–H groups in total. The molecule has 9 aromatic rings. The average Bonchev–Trinajstić information content (AvgIpc) is 3.71. The Morgan fingerprint density at radius 1 is 0.321 bits per heavy atom. The first-order chi connectivity index (χ1) is 26.3. The van der Waals surface area contributed by atoms with Gasteiger partial charge in [0.1, 0.15) is 0 Å². The summed E-state index contributed by atoms with van der Waals surface area (Å²) in [7, 11) is 0. The van der Waals surface area contributed by atoms with Crippen LogP contribution in [-0.2, 0) is 5.41 Å². The number of benzene rings is 7. The molecule has 3 nitrogen and oxygen atoms in total. The summed E-state index contributed by atoms with van der Waals surface area (Å²) in [5.74, 6) is 0.671. The molecule has 2 aromatic heterocycles. The minimum absolute atomic E-state index is 0.492. The number of nitrogens with zero attached hydrogens (tertiary/aromatic N) is 3. The third kappa shape index (κ3) is 4.31. The number of pyridine rings is 1. The molecule has 0 amide bonds. The van der Waals surface area contributed by atoms with Crippen molar-refractivity contribution in [3.8, 4) is 67.5 Å². The van der Waals surface area contributed by atoms with Gasteiger partial charge in [0.05, 0.1) is 28.2 Å². The SMILES string of the molecule is c1ccc(-c2cccc(-c3cc(-c4nc5c(c6ccccc46)C4(c6ccccc6-c6ccccc64)c4ccccc4-5)nc(-c4ccccc4)n3)c2)cc1. The fourth-order valence-corrected chi connectivity index (χ4v) is 8.90. The molecule has 0 atom stereocenters. The van der Waals surface area contributed by atoms with Crippen molar-refractivity contribution in [3.05, 3.63) is 210 Å². The van der Waals surface area contributed by atoms with Crippen LogP contribution in [0.15, 0.2) is 188 Å². The Labute approximate surface area is 308 Å². The molecule has 7 aromatic carbocycles. The number of hydrogen-bond donors (Lipinski definition) is 0. The van der Waals surface area contributed by atoms with E-state index in [1.807, 2.05) is 18.2 Å². The second-order valence-corrected chi connectivity index (χ2v) is 13.9. The summed E-state index contributed by atoms with van der Waals surface area (Å²) in [5, 5.41) is 2.25. The highest BCUT2D eigenvalue weighted by molar-refractivity contribution is 6.06. The summed E-state index contributed by atoms with van der Waals surface area (Å²) in [6.07, 6.45) is 0. The molecule has 0 fully saturated rings. The summed E-state index contributed by atoms with van der Waals surface area (Å²) in [6, 6.07) is 67.0. The highest BCUT2D eigenvalue weighted by atomic mass is 14.9. The van der Waals surface area contributed by atoms with Crippen LogP contribution in [0.2, 0.25) is 0 Å². The zero-order valence-corrected chi connectivity index (χ0v) is 28.7. The van der Waals surface area contributed by atoms with Gasteiger partial charge in [-0.15, -0.1) is 0 Å². The minimum Gasteiger partial charge on any atom is -0.245 e. The Morgan fingerprint density at radius 2 is 0.830 bits per heavy atom. The van der Waals surface area contributed by atoms with Crippen molar-refractivity contribution in [2.75, 3.05) is 0 Å². The molecule has 53 heavy (non-hydrogen) atoms. The normalized spacial score (nSPS) is 13.1. The van der Waals surface area contributed by atoms with Gasteiger partial charge in [0, 0.05) is 27.6 Å². The van der Waals surface area contributed by atoms with Crippen molar-refractivity contribution in [3.63, 3.8) is 0 Å². The van der Waals surface area contributed by atoms with E-state index in [0.717, 1.165) is 50.4 Å². The fraction of sp³-hybridized carbons (Fsp3) is 0.0200. The molecule has 3 heteroatoms. The zero-order chi connectivity index (χ0) is 34.9. The third-order valence-electron chi connectivity index (χ3n) is 11.1. The topological polar surface area (TPSA) is 38.7 Å². The van der Waals surface area contributed by atoms with Crippen molar-refractivity contribution in [1.82, 2.24) is 15.0 Å². The molecule has 0 unspecified atom stereocenters. The molecule has 0 aliphatic heterocycles. The zero-order valence-electron chi connectivity index (χ0n) is 28.7. The standard InChI is InChI=1S/C50H31N3/c1-3-16-32(17-4-1)34-20-15-21-35(30-34)44-31-45(52-49(51-44)33-18-5-2-6-19-33)47-39-25-8-7-24-38(39)46-48(53-47)40-26-11-14-29-43(40)50(46)41-27-12-9-22-36(41)37-23-10-13-28-42(37)50/h1-31H. The molecule has 0 radical (unpaired) electrons. The average molecular weight is 674 g/mol. The quantitative estimate of drug-likeness (QED) is 0.187. The fourth-order valence-electron chi connectivity index (χ4n) is 8.90. The van der Waals surface area contributed by atoms with Crippen LogP contribution in [0.3, 0.4) is 0 Å². The molecule has 0 bridgehead atoms. The Balaban J connectivity index is 1.21. The molecule has 2 heterocycles. The van der Waals surface area contributed by atoms with Gasteiger partial charge < -0.3 is 0 Å². The third-order valence-corrected chi connectivity index (χ3v) is 11.1. The van der Waals surface area contributed by atoms with Gasteiger partial charge in [-0.05, 0) is 56.5 Å². The smallest absolute Gasteiger partial charge is 0.160 e. The van der Waals surface area contributed by atoms with Crippen LogP contribution in [0.25, 0.3) is 78.3 Å². The van der Waals surface area contributed by atoms with E-state index in [0.29, 0.717) is 5.82 Å². The van der Waals surface area contributed by atoms with Crippen molar-refractivity contribution in [1.29, 1.82) is 0 Å². The van der Waals surface area contributed by atoms with E-state index in [1.54, 1.807) is 0 Å². The number of rotatable bonds is 4. The van der Waals surface area contributed by atoms with Gasteiger partial charge in [0.15, 0.2) is 5.82 Å². The number of aromatic nitrogens is 3.